The van der Waals surface area contributed by atoms with Crippen molar-refractivity contribution >= 4 is 22.1 Å². The van der Waals surface area contributed by atoms with Crippen LogP contribution < -0.4 is 10.6 Å². The summed E-state index contributed by atoms with van der Waals surface area (Å²) in [5.74, 6) is -0.369. The molecule has 0 aliphatic rings. The standard InChI is InChI=1S/C26H24F2N2/c1-17-13-19(7-9-23(17)27)15-29-25-11-12-26(22-6-4-3-5-21(22)25)30-16-20-8-10-24(28)18(2)14-20/h3-14,29-30H,15-16H2,1-2H3. The fourth-order valence-corrected chi connectivity index (χ4v) is 3.64. The summed E-state index contributed by atoms with van der Waals surface area (Å²) < 4.78 is 27.0. The van der Waals surface area contributed by atoms with Gasteiger partial charge in [-0.15, -0.1) is 0 Å². The Bertz CT molecular complexity index is 1110. The predicted octanol–water partition coefficient (Wildman–Crippen LogP) is 6.96. The zero-order valence-corrected chi connectivity index (χ0v) is 17.1. The van der Waals surface area contributed by atoms with Gasteiger partial charge in [-0.2, -0.15) is 0 Å². The van der Waals surface area contributed by atoms with Gasteiger partial charge < -0.3 is 10.6 Å². The lowest BCUT2D eigenvalue weighted by Crippen LogP contribution is -2.03. The minimum atomic E-state index is -0.184. The van der Waals surface area contributed by atoms with Crippen LogP contribution in [0.15, 0.2) is 72.8 Å². The van der Waals surface area contributed by atoms with Crippen molar-refractivity contribution in [1.82, 2.24) is 0 Å². The molecule has 0 unspecified atom stereocenters. The third-order valence-corrected chi connectivity index (χ3v) is 5.33. The lowest BCUT2D eigenvalue weighted by molar-refractivity contribution is 0.617. The van der Waals surface area contributed by atoms with Gasteiger partial charge in [0.1, 0.15) is 11.6 Å². The second kappa shape index (κ2) is 8.54. The number of hydrogen-bond donors (Lipinski definition) is 2. The van der Waals surface area contributed by atoms with Crippen molar-refractivity contribution in [2.75, 3.05) is 10.6 Å². The molecule has 0 radical (unpaired) electrons. The molecule has 2 N–H and O–H groups in total. The molecule has 4 aromatic carbocycles. The Morgan fingerprint density at radius 3 is 1.43 bits per heavy atom. The highest BCUT2D eigenvalue weighted by atomic mass is 19.1. The fraction of sp³-hybridized carbons (Fsp3) is 0.154. The number of nitrogens with one attached hydrogen (secondary N) is 2. The van der Waals surface area contributed by atoms with E-state index < -0.39 is 0 Å². The minimum Gasteiger partial charge on any atom is -0.380 e. The summed E-state index contributed by atoms with van der Waals surface area (Å²) in [4.78, 5) is 0. The van der Waals surface area contributed by atoms with Crippen LogP contribution >= 0.6 is 0 Å². The van der Waals surface area contributed by atoms with Crippen LogP contribution in [0.3, 0.4) is 0 Å². The fourth-order valence-electron chi connectivity index (χ4n) is 3.64. The smallest absolute Gasteiger partial charge is 0.126 e. The first-order valence-corrected chi connectivity index (χ1v) is 10.0. The SMILES string of the molecule is Cc1cc(CNc2ccc(NCc3ccc(F)c(C)c3)c3ccccc23)ccc1F. The van der Waals surface area contributed by atoms with Gasteiger partial charge in [0.15, 0.2) is 0 Å². The molecule has 0 amide bonds. The molecule has 0 aliphatic heterocycles. The maximum atomic E-state index is 13.5. The molecule has 0 saturated heterocycles. The van der Waals surface area contributed by atoms with E-state index in [4.69, 9.17) is 0 Å². The van der Waals surface area contributed by atoms with E-state index in [1.807, 2.05) is 24.3 Å². The van der Waals surface area contributed by atoms with E-state index in [2.05, 4.69) is 34.9 Å². The van der Waals surface area contributed by atoms with Crippen molar-refractivity contribution in [1.29, 1.82) is 0 Å². The average molecular weight is 402 g/mol. The van der Waals surface area contributed by atoms with Crippen LogP contribution in [0.2, 0.25) is 0 Å². The molecule has 0 aromatic heterocycles. The minimum absolute atomic E-state index is 0.184. The maximum absolute atomic E-state index is 13.5. The zero-order valence-electron chi connectivity index (χ0n) is 17.1. The van der Waals surface area contributed by atoms with Crippen LogP contribution in [0.25, 0.3) is 10.8 Å². The van der Waals surface area contributed by atoms with Gasteiger partial charge in [-0.05, 0) is 60.4 Å². The number of benzene rings is 4. The molecule has 0 aliphatic carbocycles. The summed E-state index contributed by atoms with van der Waals surface area (Å²) >= 11 is 0. The number of hydrogen-bond acceptors (Lipinski definition) is 2. The molecule has 0 bridgehead atoms. The molecular formula is C26H24F2N2. The number of fused-ring (bicyclic) bond motifs is 1. The Morgan fingerprint density at radius 2 is 1.03 bits per heavy atom. The van der Waals surface area contributed by atoms with Gasteiger partial charge in [-0.1, -0.05) is 48.5 Å². The van der Waals surface area contributed by atoms with Gasteiger partial charge in [0.05, 0.1) is 0 Å². The molecule has 0 atom stereocenters. The van der Waals surface area contributed by atoms with Crippen LogP contribution in [-0.2, 0) is 13.1 Å². The number of rotatable bonds is 6. The normalized spacial score (nSPS) is 10.9. The zero-order chi connectivity index (χ0) is 21.1. The quantitative estimate of drug-likeness (QED) is 0.364. The third kappa shape index (κ3) is 4.28. The van der Waals surface area contributed by atoms with E-state index >= 15 is 0 Å². The van der Waals surface area contributed by atoms with E-state index in [9.17, 15) is 8.78 Å². The first-order valence-electron chi connectivity index (χ1n) is 10.0. The molecule has 30 heavy (non-hydrogen) atoms. The van der Waals surface area contributed by atoms with Crippen molar-refractivity contribution in [3.63, 3.8) is 0 Å². The highest BCUT2D eigenvalue weighted by molar-refractivity contribution is 6.01. The van der Waals surface area contributed by atoms with Crippen LogP contribution in [0.1, 0.15) is 22.3 Å². The highest BCUT2D eigenvalue weighted by Gasteiger charge is 2.07. The van der Waals surface area contributed by atoms with E-state index in [0.29, 0.717) is 24.2 Å². The van der Waals surface area contributed by atoms with E-state index in [0.717, 1.165) is 33.3 Å². The van der Waals surface area contributed by atoms with Crippen LogP contribution in [0, 0.1) is 25.5 Å². The summed E-state index contributed by atoms with van der Waals surface area (Å²) in [6, 6.07) is 22.7. The van der Waals surface area contributed by atoms with E-state index in [-0.39, 0.29) is 11.6 Å². The Hall–Kier alpha value is -3.40. The molecule has 0 heterocycles. The molecular weight excluding hydrogens is 378 g/mol. The molecule has 0 saturated carbocycles. The molecule has 0 spiro atoms. The number of aryl methyl sites for hydroxylation is 2. The molecule has 0 fully saturated rings. The van der Waals surface area contributed by atoms with Crippen molar-refractivity contribution in [2.24, 2.45) is 0 Å². The lowest BCUT2D eigenvalue weighted by atomic mass is 10.1. The van der Waals surface area contributed by atoms with Crippen LogP contribution in [-0.4, -0.2) is 0 Å². The Balaban J connectivity index is 1.54. The summed E-state index contributed by atoms with van der Waals surface area (Å²) in [6.45, 7) is 4.79. The summed E-state index contributed by atoms with van der Waals surface area (Å²) in [5.41, 5.74) is 5.41. The molecule has 4 rings (SSSR count). The maximum Gasteiger partial charge on any atom is 0.126 e. The second-order valence-electron chi connectivity index (χ2n) is 7.58. The Kier molecular flexibility index (Phi) is 5.66. The summed E-state index contributed by atoms with van der Waals surface area (Å²) in [5, 5.41) is 9.16. The number of halogens is 2. The lowest BCUT2D eigenvalue weighted by Gasteiger charge is -2.15. The van der Waals surface area contributed by atoms with Gasteiger partial charge in [-0.25, -0.2) is 8.78 Å². The van der Waals surface area contributed by atoms with Crippen molar-refractivity contribution in [3.8, 4) is 0 Å². The van der Waals surface area contributed by atoms with Gasteiger partial charge in [0, 0.05) is 35.2 Å². The summed E-state index contributed by atoms with van der Waals surface area (Å²) in [6.07, 6.45) is 0. The predicted molar refractivity (Wildman–Crippen MR) is 121 cm³/mol. The highest BCUT2D eigenvalue weighted by Crippen LogP contribution is 2.31. The third-order valence-electron chi connectivity index (χ3n) is 5.33. The monoisotopic (exact) mass is 402 g/mol. The van der Waals surface area contributed by atoms with Crippen molar-refractivity contribution in [3.05, 3.63) is 107 Å². The summed E-state index contributed by atoms with van der Waals surface area (Å²) in [7, 11) is 0. The van der Waals surface area contributed by atoms with Crippen molar-refractivity contribution < 1.29 is 8.78 Å². The molecule has 2 nitrogen and oxygen atoms in total. The van der Waals surface area contributed by atoms with E-state index in [1.165, 1.54) is 12.1 Å². The Morgan fingerprint density at radius 1 is 0.600 bits per heavy atom. The van der Waals surface area contributed by atoms with Crippen molar-refractivity contribution in [2.45, 2.75) is 26.9 Å². The van der Waals surface area contributed by atoms with Gasteiger partial charge in [0.25, 0.3) is 0 Å². The second-order valence-corrected chi connectivity index (χ2v) is 7.58. The average Bonchev–Trinajstić information content (AvgIpc) is 2.75. The molecule has 4 heteroatoms. The first-order chi connectivity index (χ1) is 14.5. The van der Waals surface area contributed by atoms with Crippen LogP contribution in [0.5, 0.6) is 0 Å². The van der Waals surface area contributed by atoms with Crippen LogP contribution in [0.4, 0.5) is 20.2 Å². The van der Waals surface area contributed by atoms with Gasteiger partial charge >= 0.3 is 0 Å². The topological polar surface area (TPSA) is 24.1 Å². The first kappa shape index (κ1) is 19.9. The largest absolute Gasteiger partial charge is 0.380 e. The Labute approximate surface area is 175 Å². The van der Waals surface area contributed by atoms with Gasteiger partial charge in [-0.3, -0.25) is 0 Å². The molecule has 4 aromatic rings. The number of anilines is 2. The molecule has 152 valence electrons. The van der Waals surface area contributed by atoms with Gasteiger partial charge in [0.2, 0.25) is 0 Å². The van der Waals surface area contributed by atoms with E-state index in [1.54, 1.807) is 26.0 Å².